The highest BCUT2D eigenvalue weighted by Crippen LogP contribution is 2.22. The highest BCUT2D eigenvalue weighted by atomic mass is 16.2. The summed E-state index contributed by atoms with van der Waals surface area (Å²) in [5.74, 6) is 1.83. The van der Waals surface area contributed by atoms with E-state index in [1.54, 1.807) is 6.20 Å². The van der Waals surface area contributed by atoms with Crippen LogP contribution in [0.2, 0.25) is 0 Å². The standard InChI is InChI=1S/C15H25N5O/c1-4-19(5-2)14(21)12-7-6-10-20(11-12)15-17-9-8-13(16-3)18-15/h8-9,12H,4-7,10-11H2,1-3H3,(H,16,17,18)/t12-/m0/s1. The average Bonchev–Trinajstić information content (AvgIpc) is 2.56. The molecule has 0 bridgehead atoms. The number of rotatable bonds is 5. The van der Waals surface area contributed by atoms with Crippen LogP contribution in [0.5, 0.6) is 0 Å². The molecule has 0 radical (unpaired) electrons. The first-order valence-electron chi connectivity index (χ1n) is 7.74. The fourth-order valence-corrected chi connectivity index (χ4v) is 2.79. The molecule has 21 heavy (non-hydrogen) atoms. The number of carbonyl (C=O) groups is 1. The second kappa shape index (κ2) is 7.24. The molecule has 0 saturated carbocycles. The van der Waals surface area contributed by atoms with Crippen molar-refractivity contribution in [2.45, 2.75) is 26.7 Å². The first-order chi connectivity index (χ1) is 10.2. The third kappa shape index (κ3) is 3.62. The fourth-order valence-electron chi connectivity index (χ4n) is 2.79. The number of aromatic nitrogens is 2. The summed E-state index contributed by atoms with van der Waals surface area (Å²) in [6, 6.07) is 1.84. The maximum absolute atomic E-state index is 12.5. The molecular formula is C15H25N5O. The number of hydrogen-bond acceptors (Lipinski definition) is 5. The summed E-state index contributed by atoms with van der Waals surface area (Å²) in [5.41, 5.74) is 0. The normalized spacial score (nSPS) is 18.4. The van der Waals surface area contributed by atoms with Crippen molar-refractivity contribution in [1.29, 1.82) is 0 Å². The first kappa shape index (κ1) is 15.5. The lowest BCUT2D eigenvalue weighted by molar-refractivity contribution is -0.135. The van der Waals surface area contributed by atoms with Gasteiger partial charge in [-0.05, 0) is 32.8 Å². The maximum Gasteiger partial charge on any atom is 0.227 e. The molecule has 0 aromatic carbocycles. The number of anilines is 2. The number of nitrogens with one attached hydrogen (secondary N) is 1. The van der Waals surface area contributed by atoms with E-state index in [-0.39, 0.29) is 11.8 Å². The van der Waals surface area contributed by atoms with Crippen LogP contribution in [-0.2, 0) is 4.79 Å². The van der Waals surface area contributed by atoms with Crippen molar-refractivity contribution in [3.05, 3.63) is 12.3 Å². The lowest BCUT2D eigenvalue weighted by Crippen LogP contribution is -2.45. The van der Waals surface area contributed by atoms with Crippen LogP contribution in [0.25, 0.3) is 0 Å². The molecule has 6 nitrogen and oxygen atoms in total. The van der Waals surface area contributed by atoms with Gasteiger partial charge in [-0.2, -0.15) is 4.98 Å². The molecule has 0 spiro atoms. The molecular weight excluding hydrogens is 266 g/mol. The van der Waals surface area contributed by atoms with Gasteiger partial charge >= 0.3 is 0 Å². The van der Waals surface area contributed by atoms with Crippen molar-refractivity contribution >= 4 is 17.7 Å². The van der Waals surface area contributed by atoms with Gasteiger partial charge in [-0.15, -0.1) is 0 Å². The molecule has 116 valence electrons. The topological polar surface area (TPSA) is 61.4 Å². The second-order valence-corrected chi connectivity index (χ2v) is 5.29. The van der Waals surface area contributed by atoms with Gasteiger partial charge in [0.25, 0.3) is 0 Å². The van der Waals surface area contributed by atoms with Crippen molar-refractivity contribution in [1.82, 2.24) is 14.9 Å². The smallest absolute Gasteiger partial charge is 0.227 e. The number of piperidine rings is 1. The van der Waals surface area contributed by atoms with E-state index in [9.17, 15) is 4.79 Å². The van der Waals surface area contributed by atoms with Crippen LogP contribution >= 0.6 is 0 Å². The Morgan fingerprint density at radius 2 is 2.24 bits per heavy atom. The molecule has 1 amide bonds. The molecule has 1 saturated heterocycles. The van der Waals surface area contributed by atoms with E-state index < -0.39 is 0 Å². The van der Waals surface area contributed by atoms with E-state index in [0.717, 1.165) is 38.3 Å². The van der Waals surface area contributed by atoms with Crippen molar-refractivity contribution < 1.29 is 4.79 Å². The van der Waals surface area contributed by atoms with Gasteiger partial charge in [-0.3, -0.25) is 4.79 Å². The zero-order valence-electron chi connectivity index (χ0n) is 13.2. The molecule has 0 unspecified atom stereocenters. The Hall–Kier alpha value is -1.85. The monoisotopic (exact) mass is 291 g/mol. The summed E-state index contributed by atoms with van der Waals surface area (Å²) < 4.78 is 0. The van der Waals surface area contributed by atoms with Gasteiger partial charge in [0.05, 0.1) is 5.92 Å². The van der Waals surface area contributed by atoms with Crippen molar-refractivity contribution in [2.75, 3.05) is 43.4 Å². The van der Waals surface area contributed by atoms with Gasteiger partial charge in [0.15, 0.2) is 0 Å². The fraction of sp³-hybridized carbons (Fsp3) is 0.667. The minimum absolute atomic E-state index is 0.0560. The highest BCUT2D eigenvalue weighted by Gasteiger charge is 2.29. The molecule has 6 heteroatoms. The van der Waals surface area contributed by atoms with E-state index in [2.05, 4.69) is 20.2 Å². The van der Waals surface area contributed by atoms with Gasteiger partial charge < -0.3 is 15.1 Å². The van der Waals surface area contributed by atoms with Crippen LogP contribution in [0, 0.1) is 5.92 Å². The van der Waals surface area contributed by atoms with E-state index in [4.69, 9.17) is 0 Å². The second-order valence-electron chi connectivity index (χ2n) is 5.29. The van der Waals surface area contributed by atoms with E-state index >= 15 is 0 Å². The molecule has 1 fully saturated rings. The van der Waals surface area contributed by atoms with Crippen LogP contribution < -0.4 is 10.2 Å². The number of amides is 1. The van der Waals surface area contributed by atoms with Gasteiger partial charge in [0.2, 0.25) is 11.9 Å². The predicted octanol–water partition coefficient (Wildman–Crippen LogP) is 1.60. The summed E-state index contributed by atoms with van der Waals surface area (Å²) in [7, 11) is 1.84. The van der Waals surface area contributed by atoms with E-state index in [1.807, 2.05) is 31.9 Å². The Morgan fingerprint density at radius 1 is 1.48 bits per heavy atom. The van der Waals surface area contributed by atoms with Gasteiger partial charge in [0.1, 0.15) is 5.82 Å². The van der Waals surface area contributed by atoms with Crippen LogP contribution in [0.15, 0.2) is 12.3 Å². The van der Waals surface area contributed by atoms with Crippen molar-refractivity contribution in [3.63, 3.8) is 0 Å². The third-order valence-corrected chi connectivity index (χ3v) is 4.03. The molecule has 1 aromatic heterocycles. The number of hydrogen-bond donors (Lipinski definition) is 1. The summed E-state index contributed by atoms with van der Waals surface area (Å²) in [6.45, 7) is 7.23. The lowest BCUT2D eigenvalue weighted by atomic mass is 9.96. The predicted molar refractivity (Wildman–Crippen MR) is 84.4 cm³/mol. The van der Waals surface area contributed by atoms with Gasteiger partial charge in [0, 0.05) is 39.4 Å². The third-order valence-electron chi connectivity index (χ3n) is 4.03. The molecule has 1 atom stereocenters. The Kier molecular flexibility index (Phi) is 5.36. The van der Waals surface area contributed by atoms with Crippen LogP contribution in [0.4, 0.5) is 11.8 Å². The molecule has 2 rings (SSSR count). The minimum Gasteiger partial charge on any atom is -0.373 e. The largest absolute Gasteiger partial charge is 0.373 e. The van der Waals surface area contributed by atoms with Crippen LogP contribution in [0.1, 0.15) is 26.7 Å². The Morgan fingerprint density at radius 3 is 2.90 bits per heavy atom. The Bertz CT molecular complexity index is 475. The average molecular weight is 291 g/mol. The zero-order chi connectivity index (χ0) is 15.2. The van der Waals surface area contributed by atoms with Gasteiger partial charge in [-0.1, -0.05) is 0 Å². The zero-order valence-corrected chi connectivity index (χ0v) is 13.2. The van der Waals surface area contributed by atoms with E-state index in [0.29, 0.717) is 12.5 Å². The SMILES string of the molecule is CCN(CC)C(=O)[C@H]1CCCN(c2nccc(NC)n2)C1. The number of nitrogens with zero attached hydrogens (tertiary/aromatic N) is 4. The lowest BCUT2D eigenvalue weighted by Gasteiger charge is -2.34. The molecule has 0 aliphatic carbocycles. The molecule has 1 N–H and O–H groups in total. The van der Waals surface area contributed by atoms with Crippen molar-refractivity contribution in [3.8, 4) is 0 Å². The molecule has 1 aromatic rings. The van der Waals surface area contributed by atoms with Gasteiger partial charge in [-0.25, -0.2) is 4.98 Å². The summed E-state index contributed by atoms with van der Waals surface area (Å²) >= 11 is 0. The van der Waals surface area contributed by atoms with E-state index in [1.165, 1.54) is 0 Å². The van der Waals surface area contributed by atoms with Crippen LogP contribution in [-0.4, -0.2) is 54.0 Å². The van der Waals surface area contributed by atoms with Crippen LogP contribution in [0.3, 0.4) is 0 Å². The quantitative estimate of drug-likeness (QED) is 0.893. The molecule has 2 heterocycles. The summed E-state index contributed by atoms with van der Waals surface area (Å²) in [4.78, 5) is 25.4. The first-order valence-corrected chi connectivity index (χ1v) is 7.74. The number of carbonyl (C=O) groups excluding carboxylic acids is 1. The maximum atomic E-state index is 12.5. The highest BCUT2D eigenvalue weighted by molar-refractivity contribution is 5.79. The van der Waals surface area contributed by atoms with Crippen molar-refractivity contribution in [2.24, 2.45) is 5.92 Å². The Labute approximate surface area is 126 Å². The summed E-state index contributed by atoms with van der Waals surface area (Å²) in [6.07, 6.45) is 3.71. The summed E-state index contributed by atoms with van der Waals surface area (Å²) in [5, 5.41) is 3.02. The Balaban J connectivity index is 2.08. The molecule has 1 aliphatic rings. The molecule has 1 aliphatic heterocycles. The minimum atomic E-state index is 0.0560.